The molecule has 3 aromatic rings. The molecule has 4 heterocycles. The minimum absolute atomic E-state index is 0.263. The lowest BCUT2D eigenvalue weighted by Crippen LogP contribution is -2.22. The molecular formula is C16H17N3O2. The second-order valence-corrected chi connectivity index (χ2v) is 5.43. The number of hydrogen-bond donors (Lipinski definition) is 0. The Hall–Kier alpha value is -2.14. The number of aryl methyl sites for hydroxylation is 1. The lowest BCUT2D eigenvalue weighted by molar-refractivity contribution is 0.0607. The number of pyridine rings is 1. The van der Waals surface area contributed by atoms with Crippen LogP contribution in [0.1, 0.15) is 24.6 Å². The number of ether oxygens (including phenoxy) is 1. The highest BCUT2D eigenvalue weighted by atomic mass is 16.5. The maximum atomic E-state index is 5.78. The molecule has 1 aliphatic heterocycles. The van der Waals surface area contributed by atoms with Crippen molar-refractivity contribution in [2.75, 3.05) is 13.2 Å². The van der Waals surface area contributed by atoms with Crippen molar-refractivity contribution < 1.29 is 9.15 Å². The molecule has 3 aromatic heterocycles. The Morgan fingerprint density at radius 3 is 3.00 bits per heavy atom. The third-order valence-electron chi connectivity index (χ3n) is 3.91. The van der Waals surface area contributed by atoms with Crippen molar-refractivity contribution in [3.63, 3.8) is 0 Å². The highest BCUT2D eigenvalue weighted by Gasteiger charge is 2.24. The molecule has 4 rings (SSSR count). The fourth-order valence-electron chi connectivity index (χ4n) is 2.93. The van der Waals surface area contributed by atoms with E-state index in [1.165, 1.54) is 0 Å². The van der Waals surface area contributed by atoms with Crippen molar-refractivity contribution in [3.05, 3.63) is 36.2 Å². The zero-order chi connectivity index (χ0) is 14.2. The molecule has 1 aliphatic rings. The predicted molar refractivity (Wildman–Crippen MR) is 79.1 cm³/mol. The minimum Gasteiger partial charge on any atom is -0.458 e. The van der Waals surface area contributed by atoms with Gasteiger partial charge in [0.2, 0.25) is 0 Å². The molecule has 0 N–H and O–H groups in total. The maximum absolute atomic E-state index is 5.78. The maximum Gasteiger partial charge on any atom is 0.178 e. The summed E-state index contributed by atoms with van der Waals surface area (Å²) in [5.74, 6) is 2.51. The summed E-state index contributed by atoms with van der Waals surface area (Å²) in [5, 5.41) is 0. The summed E-state index contributed by atoms with van der Waals surface area (Å²) in [4.78, 5) is 9.24. The summed E-state index contributed by atoms with van der Waals surface area (Å²) >= 11 is 0. The lowest BCUT2D eigenvalue weighted by Gasteiger charge is -2.24. The van der Waals surface area contributed by atoms with Crippen LogP contribution in [0.25, 0.3) is 22.7 Å². The van der Waals surface area contributed by atoms with Crippen molar-refractivity contribution in [3.8, 4) is 11.6 Å². The predicted octanol–water partition coefficient (Wildman–Crippen LogP) is 3.35. The van der Waals surface area contributed by atoms with Gasteiger partial charge >= 0.3 is 0 Å². The van der Waals surface area contributed by atoms with Gasteiger partial charge in [0.15, 0.2) is 17.2 Å². The van der Waals surface area contributed by atoms with Crippen LogP contribution in [-0.4, -0.2) is 27.7 Å². The van der Waals surface area contributed by atoms with Crippen molar-refractivity contribution in [1.29, 1.82) is 0 Å². The fraction of sp³-hybridized carbons (Fsp3) is 0.375. The molecule has 0 radical (unpaired) electrons. The van der Waals surface area contributed by atoms with Crippen LogP contribution in [0.2, 0.25) is 0 Å². The first-order chi connectivity index (χ1) is 10.3. The van der Waals surface area contributed by atoms with Crippen LogP contribution < -0.4 is 0 Å². The molecule has 21 heavy (non-hydrogen) atoms. The Labute approximate surface area is 122 Å². The third-order valence-corrected chi connectivity index (χ3v) is 3.91. The van der Waals surface area contributed by atoms with Crippen molar-refractivity contribution in [2.45, 2.75) is 25.8 Å². The number of fused-ring (bicyclic) bond motifs is 1. The molecule has 0 aromatic carbocycles. The van der Waals surface area contributed by atoms with E-state index in [2.05, 4.69) is 9.55 Å². The van der Waals surface area contributed by atoms with E-state index in [4.69, 9.17) is 14.1 Å². The standard InChI is InChI=1S/C16H17N3O2/c1-11-6-7-14(21-11)16-18-13-5-2-8-17-15(13)19(16)12-4-3-9-20-10-12/h2,5-8,12H,3-4,9-10H2,1H3. The van der Waals surface area contributed by atoms with Gasteiger partial charge in [-0.3, -0.25) is 0 Å². The Balaban J connectivity index is 1.92. The van der Waals surface area contributed by atoms with Gasteiger partial charge < -0.3 is 13.7 Å². The normalized spacial score (nSPS) is 19.2. The van der Waals surface area contributed by atoms with E-state index in [0.29, 0.717) is 6.61 Å². The molecule has 0 saturated carbocycles. The van der Waals surface area contributed by atoms with Crippen molar-refractivity contribution in [1.82, 2.24) is 14.5 Å². The first-order valence-corrected chi connectivity index (χ1v) is 7.30. The molecule has 5 heteroatoms. The van der Waals surface area contributed by atoms with E-state index in [9.17, 15) is 0 Å². The second kappa shape index (κ2) is 5.00. The van der Waals surface area contributed by atoms with E-state index in [1.54, 1.807) is 6.20 Å². The summed E-state index contributed by atoms with van der Waals surface area (Å²) in [7, 11) is 0. The van der Waals surface area contributed by atoms with Crippen molar-refractivity contribution >= 4 is 11.2 Å². The highest BCUT2D eigenvalue weighted by molar-refractivity contribution is 5.76. The fourth-order valence-corrected chi connectivity index (χ4v) is 2.93. The quantitative estimate of drug-likeness (QED) is 0.723. The van der Waals surface area contributed by atoms with Gasteiger partial charge in [-0.25, -0.2) is 9.97 Å². The van der Waals surface area contributed by atoms with E-state index >= 15 is 0 Å². The molecule has 0 amide bonds. The molecule has 0 bridgehead atoms. The Kier molecular flexibility index (Phi) is 3.00. The van der Waals surface area contributed by atoms with Gasteiger partial charge in [-0.15, -0.1) is 0 Å². The summed E-state index contributed by atoms with van der Waals surface area (Å²) < 4.78 is 13.6. The molecule has 0 aliphatic carbocycles. The van der Waals surface area contributed by atoms with E-state index in [1.807, 2.05) is 31.2 Å². The number of aromatic nitrogens is 3. The topological polar surface area (TPSA) is 53.1 Å². The highest BCUT2D eigenvalue weighted by Crippen LogP contribution is 2.31. The average Bonchev–Trinajstić information content (AvgIpc) is 3.11. The van der Waals surface area contributed by atoms with Crippen LogP contribution >= 0.6 is 0 Å². The zero-order valence-electron chi connectivity index (χ0n) is 12.0. The SMILES string of the molecule is Cc1ccc(-c2nc3cccnc3n2C2CCCOC2)o1. The summed E-state index contributed by atoms with van der Waals surface area (Å²) in [6.07, 6.45) is 3.95. The molecule has 5 nitrogen and oxygen atoms in total. The smallest absolute Gasteiger partial charge is 0.178 e. The summed E-state index contributed by atoms with van der Waals surface area (Å²) in [5.41, 5.74) is 1.80. The van der Waals surface area contributed by atoms with E-state index < -0.39 is 0 Å². The molecule has 108 valence electrons. The number of furan rings is 1. The molecule has 0 spiro atoms. The molecule has 1 unspecified atom stereocenters. The first kappa shape index (κ1) is 12.6. The van der Waals surface area contributed by atoms with Crippen LogP contribution in [0.3, 0.4) is 0 Å². The number of nitrogens with zero attached hydrogens (tertiary/aromatic N) is 3. The average molecular weight is 283 g/mol. The number of hydrogen-bond acceptors (Lipinski definition) is 4. The molecule has 1 fully saturated rings. The summed E-state index contributed by atoms with van der Waals surface area (Å²) in [6, 6.07) is 8.09. The largest absolute Gasteiger partial charge is 0.458 e. The Bertz CT molecular complexity index is 769. The zero-order valence-corrected chi connectivity index (χ0v) is 12.0. The van der Waals surface area contributed by atoms with E-state index in [-0.39, 0.29) is 6.04 Å². The van der Waals surface area contributed by atoms with Gasteiger partial charge in [0.25, 0.3) is 0 Å². The molecular weight excluding hydrogens is 266 g/mol. The molecule has 1 atom stereocenters. The van der Waals surface area contributed by atoms with Gasteiger partial charge in [0.05, 0.1) is 12.6 Å². The van der Waals surface area contributed by atoms with Crippen molar-refractivity contribution in [2.24, 2.45) is 0 Å². The minimum atomic E-state index is 0.263. The number of rotatable bonds is 2. The lowest BCUT2D eigenvalue weighted by atomic mass is 10.1. The Morgan fingerprint density at radius 1 is 1.29 bits per heavy atom. The second-order valence-electron chi connectivity index (χ2n) is 5.43. The number of imidazole rings is 1. The molecule has 1 saturated heterocycles. The van der Waals surface area contributed by atoms with Crippen LogP contribution in [0.4, 0.5) is 0 Å². The van der Waals surface area contributed by atoms with Gasteiger partial charge in [-0.05, 0) is 44.0 Å². The van der Waals surface area contributed by atoms with Gasteiger partial charge in [-0.2, -0.15) is 0 Å². The van der Waals surface area contributed by atoms with E-state index in [0.717, 1.165) is 48.0 Å². The van der Waals surface area contributed by atoms with Gasteiger partial charge in [-0.1, -0.05) is 0 Å². The van der Waals surface area contributed by atoms with Gasteiger partial charge in [0, 0.05) is 12.8 Å². The Morgan fingerprint density at radius 2 is 2.24 bits per heavy atom. The van der Waals surface area contributed by atoms with Crippen LogP contribution in [0, 0.1) is 6.92 Å². The summed E-state index contributed by atoms with van der Waals surface area (Å²) in [6.45, 7) is 3.49. The monoisotopic (exact) mass is 283 g/mol. The van der Waals surface area contributed by atoms with Crippen LogP contribution in [-0.2, 0) is 4.74 Å². The third kappa shape index (κ3) is 2.14. The van der Waals surface area contributed by atoms with Crippen LogP contribution in [0.15, 0.2) is 34.9 Å². The van der Waals surface area contributed by atoms with Crippen LogP contribution in [0.5, 0.6) is 0 Å². The van der Waals surface area contributed by atoms with Gasteiger partial charge in [0.1, 0.15) is 11.3 Å². The first-order valence-electron chi connectivity index (χ1n) is 7.30.